The highest BCUT2D eigenvalue weighted by Crippen LogP contribution is 2.40. The van der Waals surface area contributed by atoms with E-state index in [2.05, 4.69) is 57.8 Å². The van der Waals surface area contributed by atoms with Gasteiger partial charge in [0.25, 0.3) is 0 Å². The van der Waals surface area contributed by atoms with Gasteiger partial charge in [0.1, 0.15) is 0 Å². The molecule has 0 aliphatic heterocycles. The lowest BCUT2D eigenvalue weighted by molar-refractivity contribution is 1.16. The summed E-state index contributed by atoms with van der Waals surface area (Å²) in [5.74, 6) is 0. The molecule has 4 heteroatoms. The van der Waals surface area contributed by atoms with E-state index in [0.717, 1.165) is 9.50 Å². The van der Waals surface area contributed by atoms with E-state index in [-0.39, 0.29) is 4.83 Å². The molecule has 17 heavy (non-hydrogen) atoms. The molecule has 1 atom stereocenters. The lowest BCUT2D eigenvalue weighted by Gasteiger charge is -2.12. The molecule has 0 radical (unpaired) electrons. The largest absolute Gasteiger partial charge is 0.146 e. The van der Waals surface area contributed by atoms with Crippen LogP contribution in [0.25, 0.3) is 0 Å². The number of aryl methyl sites for hydroxylation is 2. The van der Waals surface area contributed by atoms with E-state index in [9.17, 15) is 0 Å². The highest BCUT2D eigenvalue weighted by Gasteiger charge is 2.17. The van der Waals surface area contributed by atoms with Gasteiger partial charge in [-0.2, -0.15) is 0 Å². The van der Waals surface area contributed by atoms with E-state index in [1.807, 2.05) is 23.5 Å². The third kappa shape index (κ3) is 2.95. The van der Waals surface area contributed by atoms with Crippen molar-refractivity contribution in [1.29, 1.82) is 0 Å². The second-order valence-corrected chi connectivity index (χ2v) is 7.56. The Morgan fingerprint density at radius 1 is 1.18 bits per heavy atom. The third-order valence-corrected chi connectivity index (χ3v) is 5.48. The zero-order chi connectivity index (χ0) is 12.6. The number of thiophene rings is 1. The molecule has 0 spiro atoms. The van der Waals surface area contributed by atoms with Gasteiger partial charge in [0, 0.05) is 19.2 Å². The molecule has 90 valence electrons. The third-order valence-electron chi connectivity index (χ3n) is 2.59. The number of rotatable bonds is 2. The minimum atomic E-state index is 0.207. The van der Waals surface area contributed by atoms with Crippen molar-refractivity contribution >= 4 is 54.8 Å². The summed E-state index contributed by atoms with van der Waals surface area (Å²) in [7, 11) is 0. The molecule has 1 aromatic carbocycles. The van der Waals surface area contributed by atoms with E-state index < -0.39 is 0 Å². The van der Waals surface area contributed by atoms with Crippen molar-refractivity contribution in [3.63, 3.8) is 0 Å². The van der Waals surface area contributed by atoms with Crippen LogP contribution in [0.3, 0.4) is 0 Å². The number of hydrogen-bond donors (Lipinski definition) is 0. The first kappa shape index (κ1) is 13.6. The molecule has 2 rings (SSSR count). The molecule has 0 aliphatic carbocycles. The summed E-state index contributed by atoms with van der Waals surface area (Å²) in [5, 5.41) is 0.749. The minimum Gasteiger partial charge on any atom is -0.146 e. The Morgan fingerprint density at radius 2 is 1.88 bits per heavy atom. The van der Waals surface area contributed by atoms with Gasteiger partial charge in [0.2, 0.25) is 0 Å². The summed E-state index contributed by atoms with van der Waals surface area (Å²) >= 11 is 15.1. The molecular formula is C13H11Br2ClS. The lowest BCUT2D eigenvalue weighted by atomic mass is 10.1. The maximum atomic E-state index is 5.96. The maximum absolute atomic E-state index is 5.96. The van der Waals surface area contributed by atoms with E-state index in [0.29, 0.717) is 0 Å². The summed E-state index contributed by atoms with van der Waals surface area (Å²) < 4.78 is 1.04. The van der Waals surface area contributed by atoms with Crippen LogP contribution in [0, 0.1) is 13.8 Å². The molecule has 0 fully saturated rings. The summed E-state index contributed by atoms with van der Waals surface area (Å²) in [4.78, 5) is 2.90. The Labute approximate surface area is 127 Å². The molecule has 0 N–H and O–H groups in total. The van der Waals surface area contributed by atoms with E-state index in [1.165, 1.54) is 20.9 Å². The standard InChI is InChI=1S/C13H11Br2ClS/c1-7-5-11(8(2)17-7)13(15)10-4-3-9(16)6-12(10)14/h3-6,13H,1-2H3. The highest BCUT2D eigenvalue weighted by molar-refractivity contribution is 9.11. The average molecular weight is 395 g/mol. The smallest absolute Gasteiger partial charge is 0.0666 e. The Hall–Kier alpha value is 0.170. The van der Waals surface area contributed by atoms with Gasteiger partial charge >= 0.3 is 0 Å². The predicted octanol–water partition coefficient (Wildman–Crippen LogP) is 6.27. The van der Waals surface area contributed by atoms with Crippen LogP contribution < -0.4 is 0 Å². The molecule has 1 aromatic heterocycles. The van der Waals surface area contributed by atoms with Crippen molar-refractivity contribution in [3.8, 4) is 0 Å². The Balaban J connectivity index is 2.43. The summed E-state index contributed by atoms with van der Waals surface area (Å²) in [5.41, 5.74) is 2.53. The fourth-order valence-corrected chi connectivity index (χ4v) is 4.99. The fraction of sp³-hybridized carbons (Fsp3) is 0.231. The van der Waals surface area contributed by atoms with Crippen molar-refractivity contribution < 1.29 is 0 Å². The molecule has 0 nitrogen and oxygen atoms in total. The maximum Gasteiger partial charge on any atom is 0.0666 e. The predicted molar refractivity (Wildman–Crippen MR) is 83.7 cm³/mol. The van der Waals surface area contributed by atoms with Crippen molar-refractivity contribution in [2.45, 2.75) is 18.7 Å². The van der Waals surface area contributed by atoms with Crippen LogP contribution in [-0.2, 0) is 0 Å². The number of halogens is 3. The molecule has 0 aliphatic rings. The average Bonchev–Trinajstić information content (AvgIpc) is 2.57. The molecule has 0 saturated heterocycles. The second kappa shape index (κ2) is 5.43. The van der Waals surface area contributed by atoms with Gasteiger partial charge in [-0.1, -0.05) is 49.5 Å². The first-order chi connectivity index (χ1) is 7.99. The van der Waals surface area contributed by atoms with Gasteiger partial charge in [0.15, 0.2) is 0 Å². The van der Waals surface area contributed by atoms with E-state index in [4.69, 9.17) is 11.6 Å². The zero-order valence-electron chi connectivity index (χ0n) is 9.43. The fourth-order valence-electron chi connectivity index (χ4n) is 1.78. The van der Waals surface area contributed by atoms with Gasteiger partial charge in [-0.05, 0) is 43.2 Å². The zero-order valence-corrected chi connectivity index (χ0v) is 14.2. The monoisotopic (exact) mass is 392 g/mol. The number of hydrogen-bond acceptors (Lipinski definition) is 1. The lowest BCUT2D eigenvalue weighted by Crippen LogP contribution is -1.94. The van der Waals surface area contributed by atoms with Crippen molar-refractivity contribution in [1.82, 2.24) is 0 Å². The van der Waals surface area contributed by atoms with Gasteiger partial charge in [-0.25, -0.2) is 0 Å². The molecule has 0 saturated carbocycles. The second-order valence-electron chi connectivity index (χ2n) is 3.90. The molecule has 2 aromatic rings. The van der Waals surface area contributed by atoms with Crippen LogP contribution >= 0.6 is 54.8 Å². The normalized spacial score (nSPS) is 12.8. The summed E-state index contributed by atoms with van der Waals surface area (Å²) in [6, 6.07) is 8.14. The quantitative estimate of drug-likeness (QED) is 0.527. The van der Waals surface area contributed by atoms with Crippen LogP contribution in [-0.4, -0.2) is 0 Å². The van der Waals surface area contributed by atoms with Crippen LogP contribution in [0.5, 0.6) is 0 Å². The number of alkyl halides is 1. The Kier molecular flexibility index (Phi) is 4.35. The molecule has 0 amide bonds. The van der Waals surface area contributed by atoms with Crippen LogP contribution in [0.15, 0.2) is 28.7 Å². The van der Waals surface area contributed by atoms with E-state index >= 15 is 0 Å². The van der Waals surface area contributed by atoms with Crippen molar-refractivity contribution in [2.75, 3.05) is 0 Å². The van der Waals surface area contributed by atoms with Gasteiger partial charge in [-0.15, -0.1) is 11.3 Å². The first-order valence-electron chi connectivity index (χ1n) is 5.15. The highest BCUT2D eigenvalue weighted by atomic mass is 79.9. The molecule has 1 heterocycles. The Bertz CT molecular complexity index is 548. The Morgan fingerprint density at radius 3 is 2.41 bits per heavy atom. The minimum absolute atomic E-state index is 0.207. The van der Waals surface area contributed by atoms with Crippen LogP contribution in [0.2, 0.25) is 5.02 Å². The molecule has 1 unspecified atom stereocenters. The SMILES string of the molecule is Cc1cc(C(Br)c2ccc(Cl)cc2Br)c(C)s1. The first-order valence-corrected chi connectivity index (χ1v) is 8.05. The number of benzene rings is 1. The summed E-state index contributed by atoms with van der Waals surface area (Å²) in [6.45, 7) is 4.29. The topological polar surface area (TPSA) is 0 Å². The molecular weight excluding hydrogens is 383 g/mol. The van der Waals surface area contributed by atoms with Crippen LogP contribution in [0.4, 0.5) is 0 Å². The van der Waals surface area contributed by atoms with Crippen molar-refractivity contribution in [2.24, 2.45) is 0 Å². The van der Waals surface area contributed by atoms with Gasteiger partial charge < -0.3 is 0 Å². The molecule has 0 bridgehead atoms. The van der Waals surface area contributed by atoms with Gasteiger partial charge in [-0.3, -0.25) is 0 Å². The van der Waals surface area contributed by atoms with Crippen LogP contribution in [0.1, 0.15) is 25.7 Å². The summed E-state index contributed by atoms with van der Waals surface area (Å²) in [6.07, 6.45) is 0. The van der Waals surface area contributed by atoms with E-state index in [1.54, 1.807) is 0 Å². The van der Waals surface area contributed by atoms with Crippen molar-refractivity contribution in [3.05, 3.63) is 54.6 Å². The van der Waals surface area contributed by atoms with Gasteiger partial charge in [0.05, 0.1) is 4.83 Å².